The summed E-state index contributed by atoms with van der Waals surface area (Å²) in [6, 6.07) is 17.9. The van der Waals surface area contributed by atoms with Crippen molar-refractivity contribution in [3.05, 3.63) is 54.6 Å². The minimum absolute atomic E-state index is 0.0696. The molecular weight excluding hydrogens is 414 g/mol. The van der Waals surface area contributed by atoms with Crippen molar-refractivity contribution in [2.75, 3.05) is 30.9 Å². The van der Waals surface area contributed by atoms with Crippen molar-refractivity contribution < 1.29 is 9.53 Å². The summed E-state index contributed by atoms with van der Waals surface area (Å²) in [7, 11) is 4.01. The number of benzene rings is 2. The zero-order chi connectivity index (χ0) is 23.2. The SMILES string of the molecule is CC(Oc1ccccc1)C(=O)NC[C@H]1CC[C@@H](Nc2nc(N(C)C)c3ccccc3n2)CC1. The first-order valence-electron chi connectivity index (χ1n) is 11.7. The third-order valence-electron chi connectivity index (χ3n) is 6.18. The lowest BCUT2D eigenvalue weighted by Gasteiger charge is -2.29. The second kappa shape index (κ2) is 10.5. The normalized spacial score (nSPS) is 19.0. The molecule has 1 fully saturated rings. The van der Waals surface area contributed by atoms with Gasteiger partial charge in [0.05, 0.1) is 5.52 Å². The van der Waals surface area contributed by atoms with E-state index in [-0.39, 0.29) is 5.91 Å². The Labute approximate surface area is 195 Å². The van der Waals surface area contributed by atoms with Crippen LogP contribution in [0.15, 0.2) is 54.6 Å². The lowest BCUT2D eigenvalue weighted by molar-refractivity contribution is -0.127. The number of nitrogens with zero attached hydrogens (tertiary/aromatic N) is 3. The van der Waals surface area contributed by atoms with Gasteiger partial charge in [-0.05, 0) is 62.8 Å². The monoisotopic (exact) mass is 447 g/mol. The van der Waals surface area contributed by atoms with E-state index in [1.165, 1.54) is 0 Å². The predicted molar refractivity (Wildman–Crippen MR) is 133 cm³/mol. The van der Waals surface area contributed by atoms with Gasteiger partial charge in [-0.2, -0.15) is 4.98 Å². The van der Waals surface area contributed by atoms with Gasteiger partial charge in [-0.3, -0.25) is 4.79 Å². The molecule has 1 aliphatic rings. The van der Waals surface area contributed by atoms with Crippen LogP contribution in [-0.2, 0) is 4.79 Å². The fraction of sp³-hybridized carbons (Fsp3) is 0.423. The molecule has 2 aromatic carbocycles. The highest BCUT2D eigenvalue weighted by Gasteiger charge is 2.24. The number of hydrogen-bond acceptors (Lipinski definition) is 6. The third-order valence-corrected chi connectivity index (χ3v) is 6.18. The molecule has 1 aromatic heterocycles. The zero-order valence-corrected chi connectivity index (χ0v) is 19.6. The average molecular weight is 448 g/mol. The summed E-state index contributed by atoms with van der Waals surface area (Å²) in [4.78, 5) is 23.9. The first kappa shape index (κ1) is 22.8. The summed E-state index contributed by atoms with van der Waals surface area (Å²) in [5, 5.41) is 7.66. The molecule has 7 heteroatoms. The zero-order valence-electron chi connectivity index (χ0n) is 19.6. The first-order chi connectivity index (χ1) is 16.0. The van der Waals surface area contributed by atoms with E-state index in [1.807, 2.05) is 67.5 Å². The number of amides is 1. The number of fused-ring (bicyclic) bond motifs is 1. The maximum atomic E-state index is 12.4. The third kappa shape index (κ3) is 5.92. The van der Waals surface area contributed by atoms with Gasteiger partial charge in [0.25, 0.3) is 5.91 Å². The van der Waals surface area contributed by atoms with Crippen LogP contribution in [0.4, 0.5) is 11.8 Å². The molecule has 1 atom stereocenters. The number of carbonyl (C=O) groups excluding carboxylic acids is 1. The molecule has 0 saturated heterocycles. The van der Waals surface area contributed by atoms with E-state index in [0.29, 0.717) is 30.2 Å². The highest BCUT2D eigenvalue weighted by atomic mass is 16.5. The Hall–Kier alpha value is -3.35. The molecule has 33 heavy (non-hydrogen) atoms. The second-order valence-corrected chi connectivity index (χ2v) is 8.96. The number of para-hydroxylation sites is 2. The molecule has 0 spiro atoms. The summed E-state index contributed by atoms with van der Waals surface area (Å²) in [5.41, 5.74) is 0.946. The molecule has 1 heterocycles. The molecule has 2 N–H and O–H groups in total. The molecule has 1 unspecified atom stereocenters. The van der Waals surface area contributed by atoms with Crippen LogP contribution in [0.5, 0.6) is 5.75 Å². The summed E-state index contributed by atoms with van der Waals surface area (Å²) < 4.78 is 5.72. The van der Waals surface area contributed by atoms with E-state index in [9.17, 15) is 4.79 Å². The van der Waals surface area contributed by atoms with E-state index in [4.69, 9.17) is 14.7 Å². The maximum absolute atomic E-state index is 12.4. The van der Waals surface area contributed by atoms with Crippen molar-refractivity contribution in [2.24, 2.45) is 5.92 Å². The second-order valence-electron chi connectivity index (χ2n) is 8.96. The number of nitrogens with one attached hydrogen (secondary N) is 2. The Kier molecular flexibility index (Phi) is 7.27. The fourth-order valence-corrected chi connectivity index (χ4v) is 4.30. The molecular formula is C26H33N5O2. The molecule has 0 bridgehead atoms. The predicted octanol–water partition coefficient (Wildman–Crippen LogP) is 4.25. The van der Waals surface area contributed by atoms with Crippen molar-refractivity contribution in [1.82, 2.24) is 15.3 Å². The molecule has 7 nitrogen and oxygen atoms in total. The van der Waals surface area contributed by atoms with Crippen molar-refractivity contribution in [3.63, 3.8) is 0 Å². The van der Waals surface area contributed by atoms with Crippen molar-refractivity contribution in [1.29, 1.82) is 0 Å². The lowest BCUT2D eigenvalue weighted by atomic mass is 9.86. The maximum Gasteiger partial charge on any atom is 0.260 e. The topological polar surface area (TPSA) is 79.4 Å². The van der Waals surface area contributed by atoms with Crippen LogP contribution in [0.1, 0.15) is 32.6 Å². The van der Waals surface area contributed by atoms with Gasteiger partial charge in [-0.25, -0.2) is 4.98 Å². The number of carbonyl (C=O) groups is 1. The van der Waals surface area contributed by atoms with Gasteiger partial charge >= 0.3 is 0 Å². The highest BCUT2D eigenvalue weighted by molar-refractivity contribution is 5.90. The summed E-state index contributed by atoms with van der Waals surface area (Å²) in [6.45, 7) is 2.47. The van der Waals surface area contributed by atoms with Crippen LogP contribution in [-0.4, -0.2) is 48.7 Å². The molecule has 3 aromatic rings. The molecule has 174 valence electrons. The van der Waals surface area contributed by atoms with Crippen LogP contribution in [0.2, 0.25) is 0 Å². The molecule has 4 rings (SSSR count). The van der Waals surface area contributed by atoms with E-state index >= 15 is 0 Å². The first-order valence-corrected chi connectivity index (χ1v) is 11.7. The number of hydrogen-bond donors (Lipinski definition) is 2. The lowest BCUT2D eigenvalue weighted by Crippen LogP contribution is -2.40. The van der Waals surface area contributed by atoms with Crippen LogP contribution in [0.3, 0.4) is 0 Å². The minimum Gasteiger partial charge on any atom is -0.481 e. The number of ether oxygens (including phenoxy) is 1. The van der Waals surface area contributed by atoms with Gasteiger partial charge in [-0.15, -0.1) is 0 Å². The van der Waals surface area contributed by atoms with Crippen LogP contribution < -0.4 is 20.3 Å². The van der Waals surface area contributed by atoms with Crippen molar-refractivity contribution in [3.8, 4) is 5.75 Å². The summed E-state index contributed by atoms with van der Waals surface area (Å²) in [5.74, 6) is 2.72. The van der Waals surface area contributed by atoms with E-state index in [2.05, 4.69) is 16.7 Å². The number of aromatic nitrogens is 2. The standard InChI is InChI=1S/C26H33N5O2/c1-18(33-21-9-5-4-6-10-21)25(32)27-17-19-13-15-20(16-14-19)28-26-29-23-12-8-7-11-22(23)24(30-26)31(2)3/h4-12,18-20H,13-17H2,1-3H3,(H,27,32)(H,28,29,30)/t18?,19-,20+. The summed E-state index contributed by atoms with van der Waals surface area (Å²) in [6.07, 6.45) is 3.66. The molecule has 0 radical (unpaired) electrons. The van der Waals surface area contributed by atoms with E-state index < -0.39 is 6.10 Å². The minimum atomic E-state index is -0.513. The summed E-state index contributed by atoms with van der Waals surface area (Å²) >= 11 is 0. The molecule has 1 aliphatic carbocycles. The fourth-order valence-electron chi connectivity index (χ4n) is 4.30. The Bertz CT molecular complexity index is 1060. The van der Waals surface area contributed by atoms with Crippen molar-refractivity contribution in [2.45, 2.75) is 44.8 Å². The quantitative estimate of drug-likeness (QED) is 0.537. The molecule has 0 aliphatic heterocycles. The Balaban J connectivity index is 1.26. The Morgan fingerprint density at radius 3 is 2.45 bits per heavy atom. The van der Waals surface area contributed by atoms with Gasteiger partial charge < -0.3 is 20.3 Å². The van der Waals surface area contributed by atoms with Crippen molar-refractivity contribution >= 4 is 28.6 Å². The van der Waals surface area contributed by atoms with E-state index in [1.54, 1.807) is 6.92 Å². The van der Waals surface area contributed by atoms with Gasteiger partial charge in [-0.1, -0.05) is 30.3 Å². The van der Waals surface area contributed by atoms with Gasteiger partial charge in [0.1, 0.15) is 11.6 Å². The van der Waals surface area contributed by atoms with Crippen LogP contribution in [0, 0.1) is 5.92 Å². The smallest absolute Gasteiger partial charge is 0.260 e. The number of anilines is 2. The molecule has 1 saturated carbocycles. The van der Waals surface area contributed by atoms with Crippen LogP contribution in [0.25, 0.3) is 10.9 Å². The highest BCUT2D eigenvalue weighted by Crippen LogP contribution is 2.28. The molecule has 1 amide bonds. The Morgan fingerprint density at radius 1 is 1.03 bits per heavy atom. The average Bonchev–Trinajstić information content (AvgIpc) is 2.83. The van der Waals surface area contributed by atoms with Gasteiger partial charge in [0, 0.05) is 32.1 Å². The Morgan fingerprint density at radius 2 is 1.73 bits per heavy atom. The van der Waals surface area contributed by atoms with Gasteiger partial charge in [0.15, 0.2) is 6.10 Å². The van der Waals surface area contributed by atoms with Gasteiger partial charge in [0.2, 0.25) is 5.95 Å². The van der Waals surface area contributed by atoms with Crippen LogP contribution >= 0.6 is 0 Å². The number of rotatable bonds is 8. The largest absolute Gasteiger partial charge is 0.481 e. The van der Waals surface area contributed by atoms with E-state index in [0.717, 1.165) is 42.4 Å².